The van der Waals surface area contributed by atoms with Crippen LogP contribution in [0.4, 0.5) is 0 Å². The average Bonchev–Trinajstić information content (AvgIpc) is 2.43. The van der Waals surface area contributed by atoms with Gasteiger partial charge in [0.2, 0.25) is 0 Å². The second kappa shape index (κ2) is 1.33. The molecule has 0 bridgehead atoms. The third-order valence-electron chi connectivity index (χ3n) is 1.32. The van der Waals surface area contributed by atoms with Gasteiger partial charge in [0.25, 0.3) is 0 Å². The Kier molecular flexibility index (Phi) is 0.750. The molecule has 0 saturated carbocycles. The first-order chi connectivity index (χ1) is 3.86. The first-order valence-electron chi connectivity index (χ1n) is 2.56. The van der Waals surface area contributed by atoms with Crippen LogP contribution in [0.2, 0.25) is 0 Å². The van der Waals surface area contributed by atoms with Crippen LogP contribution in [0.3, 0.4) is 0 Å². The van der Waals surface area contributed by atoms with Crippen LogP contribution in [0.15, 0.2) is 0 Å². The molecule has 0 spiro atoms. The monoisotopic (exact) mass is 130 g/mol. The topological polar surface area (TPSA) is 36.6 Å². The summed E-state index contributed by atoms with van der Waals surface area (Å²) in [4.78, 5) is 0. The Labute approximate surface area is 52.4 Å². The molecule has 2 rings (SSSR count). The van der Waals surface area contributed by atoms with Gasteiger partial charge in [-0.2, -0.15) is 0 Å². The van der Waals surface area contributed by atoms with E-state index in [9.17, 15) is 0 Å². The Bertz CT molecular complexity index is 138. The third kappa shape index (κ3) is 0.569. The zero-order valence-electron chi connectivity index (χ0n) is 4.18. The van der Waals surface area contributed by atoms with Gasteiger partial charge < -0.3 is 15.4 Å². The van der Waals surface area contributed by atoms with Crippen LogP contribution in [0.5, 0.6) is 0 Å². The van der Waals surface area contributed by atoms with Gasteiger partial charge in [0, 0.05) is 6.54 Å². The molecule has 0 aromatic heterocycles. The highest BCUT2D eigenvalue weighted by Crippen LogP contribution is 2.19. The summed E-state index contributed by atoms with van der Waals surface area (Å²) in [6.07, 6.45) is 0.602. The second-order valence-corrected chi connectivity index (χ2v) is 2.36. The maximum atomic E-state index is 5.09. The molecule has 2 unspecified atom stereocenters. The lowest BCUT2D eigenvalue weighted by molar-refractivity contribution is 0.371. The maximum Gasteiger partial charge on any atom is 0.168 e. The minimum Gasteiger partial charge on any atom is -0.360 e. The third-order valence-corrected chi connectivity index (χ3v) is 1.58. The number of ether oxygens (including phenoxy) is 1. The van der Waals surface area contributed by atoms with Gasteiger partial charge in [-0.3, -0.25) is 0 Å². The molecular formula is C4H6N2OS. The number of thiocarbonyl (C=S) groups is 1. The number of epoxide rings is 1. The Balaban J connectivity index is 2.02. The van der Waals surface area contributed by atoms with Gasteiger partial charge in [0.15, 0.2) is 11.3 Å². The Hall–Kier alpha value is -0.350. The normalized spacial score (nSPS) is 41.8. The summed E-state index contributed by atoms with van der Waals surface area (Å²) >= 11 is 4.81. The summed E-state index contributed by atoms with van der Waals surface area (Å²) < 4.78 is 5.09. The predicted molar refractivity (Wildman–Crippen MR) is 32.4 cm³/mol. The van der Waals surface area contributed by atoms with E-state index in [-0.39, 0.29) is 6.23 Å². The first-order valence-corrected chi connectivity index (χ1v) is 2.97. The Morgan fingerprint density at radius 1 is 1.75 bits per heavy atom. The number of rotatable bonds is 0. The molecule has 2 aliphatic rings. The lowest BCUT2D eigenvalue weighted by Gasteiger charge is -2.10. The molecule has 4 heteroatoms. The van der Waals surface area contributed by atoms with Crippen molar-refractivity contribution in [3.05, 3.63) is 0 Å². The molecule has 2 aliphatic heterocycles. The van der Waals surface area contributed by atoms with Crippen molar-refractivity contribution in [1.29, 1.82) is 0 Å². The van der Waals surface area contributed by atoms with E-state index >= 15 is 0 Å². The minimum atomic E-state index is 0.226. The smallest absolute Gasteiger partial charge is 0.168 e. The molecule has 2 heterocycles. The molecule has 8 heavy (non-hydrogen) atoms. The van der Waals surface area contributed by atoms with Crippen molar-refractivity contribution in [3.8, 4) is 0 Å². The van der Waals surface area contributed by atoms with E-state index in [1.165, 1.54) is 0 Å². The van der Waals surface area contributed by atoms with Crippen molar-refractivity contribution in [2.75, 3.05) is 6.54 Å². The molecule has 3 nitrogen and oxygen atoms in total. The van der Waals surface area contributed by atoms with E-state index in [0.29, 0.717) is 11.2 Å². The van der Waals surface area contributed by atoms with Crippen molar-refractivity contribution in [2.45, 2.75) is 12.3 Å². The summed E-state index contributed by atoms with van der Waals surface area (Å²) in [5.41, 5.74) is 0. The number of hydrogen-bond acceptors (Lipinski definition) is 2. The molecule has 2 fully saturated rings. The maximum absolute atomic E-state index is 5.09. The fourth-order valence-corrected chi connectivity index (χ4v) is 0.998. The summed E-state index contributed by atoms with van der Waals surface area (Å²) in [6.45, 7) is 0.872. The van der Waals surface area contributed by atoms with Crippen LogP contribution in [0.1, 0.15) is 0 Å². The van der Waals surface area contributed by atoms with Crippen LogP contribution >= 0.6 is 12.2 Å². The number of fused-ring (bicyclic) bond motifs is 1. The highest BCUT2D eigenvalue weighted by atomic mass is 32.1. The largest absolute Gasteiger partial charge is 0.360 e. The molecular weight excluding hydrogens is 124 g/mol. The van der Waals surface area contributed by atoms with Crippen LogP contribution in [0.25, 0.3) is 0 Å². The predicted octanol–water partition coefficient (Wildman–Crippen LogP) is -0.811. The highest BCUT2D eigenvalue weighted by molar-refractivity contribution is 7.80. The molecule has 2 atom stereocenters. The van der Waals surface area contributed by atoms with E-state index in [1.54, 1.807) is 0 Å². The van der Waals surface area contributed by atoms with E-state index in [2.05, 4.69) is 10.6 Å². The lowest BCUT2D eigenvalue weighted by atomic mass is 10.4. The highest BCUT2D eigenvalue weighted by Gasteiger charge is 2.42. The van der Waals surface area contributed by atoms with Crippen molar-refractivity contribution in [3.63, 3.8) is 0 Å². The fraction of sp³-hybridized carbons (Fsp3) is 0.750. The standard InChI is InChI=1S/C4H6N2OS/c8-4-5-1-2-3(6-4)7-2/h2-3H,1H2,(H2,5,6,8). The van der Waals surface area contributed by atoms with Crippen LogP contribution < -0.4 is 10.6 Å². The summed E-state index contributed by atoms with van der Waals surface area (Å²) in [7, 11) is 0. The fourth-order valence-electron chi connectivity index (χ4n) is 0.799. The van der Waals surface area contributed by atoms with Gasteiger partial charge in [-0.25, -0.2) is 0 Å². The van der Waals surface area contributed by atoms with E-state index < -0.39 is 0 Å². The molecule has 0 amide bonds. The van der Waals surface area contributed by atoms with Crippen molar-refractivity contribution in [1.82, 2.24) is 10.6 Å². The van der Waals surface area contributed by atoms with Gasteiger partial charge in [0.1, 0.15) is 6.10 Å². The molecule has 2 N–H and O–H groups in total. The van der Waals surface area contributed by atoms with Crippen LogP contribution in [-0.2, 0) is 4.74 Å². The van der Waals surface area contributed by atoms with E-state index in [0.717, 1.165) is 6.54 Å². The molecule has 0 aliphatic carbocycles. The van der Waals surface area contributed by atoms with Crippen LogP contribution in [-0.4, -0.2) is 24.0 Å². The summed E-state index contributed by atoms with van der Waals surface area (Å²) in [6, 6.07) is 0. The van der Waals surface area contributed by atoms with E-state index in [4.69, 9.17) is 17.0 Å². The average molecular weight is 130 g/mol. The Morgan fingerprint density at radius 3 is 3.25 bits per heavy atom. The zero-order chi connectivity index (χ0) is 5.56. The van der Waals surface area contributed by atoms with Gasteiger partial charge in [0.05, 0.1) is 0 Å². The zero-order valence-corrected chi connectivity index (χ0v) is 4.99. The number of hydrogen-bond donors (Lipinski definition) is 2. The first kappa shape index (κ1) is 4.52. The molecule has 2 saturated heterocycles. The molecule has 44 valence electrons. The molecule has 0 aromatic rings. The van der Waals surface area contributed by atoms with Gasteiger partial charge >= 0.3 is 0 Å². The van der Waals surface area contributed by atoms with Crippen LogP contribution in [0, 0.1) is 0 Å². The van der Waals surface area contributed by atoms with Gasteiger partial charge in [-0.05, 0) is 12.2 Å². The van der Waals surface area contributed by atoms with Gasteiger partial charge in [-0.1, -0.05) is 0 Å². The molecule has 0 aromatic carbocycles. The summed E-state index contributed by atoms with van der Waals surface area (Å²) in [5.74, 6) is 0. The van der Waals surface area contributed by atoms with Crippen molar-refractivity contribution < 1.29 is 4.74 Å². The van der Waals surface area contributed by atoms with Crippen molar-refractivity contribution in [2.24, 2.45) is 0 Å². The Morgan fingerprint density at radius 2 is 2.62 bits per heavy atom. The summed E-state index contributed by atoms with van der Waals surface area (Å²) in [5, 5.41) is 6.63. The van der Waals surface area contributed by atoms with E-state index in [1.807, 2.05) is 0 Å². The lowest BCUT2D eigenvalue weighted by Crippen LogP contribution is -2.45. The number of nitrogens with one attached hydrogen (secondary N) is 2. The van der Waals surface area contributed by atoms with Crippen molar-refractivity contribution >= 4 is 17.3 Å². The van der Waals surface area contributed by atoms with Gasteiger partial charge in [-0.15, -0.1) is 0 Å². The minimum absolute atomic E-state index is 0.226. The quantitative estimate of drug-likeness (QED) is 0.332. The second-order valence-electron chi connectivity index (χ2n) is 1.95. The molecule has 0 radical (unpaired) electrons. The SMILES string of the molecule is S=C1NCC2OC2N1.